The Morgan fingerprint density at radius 2 is 0.980 bits per heavy atom. The Kier molecular flexibility index (Phi) is 7.43. The highest BCUT2D eigenvalue weighted by molar-refractivity contribution is 6.39. The van der Waals surface area contributed by atoms with Gasteiger partial charge in [0, 0.05) is 10.0 Å². The van der Waals surface area contributed by atoms with Crippen molar-refractivity contribution in [2.45, 2.75) is 17.0 Å². The summed E-state index contributed by atoms with van der Waals surface area (Å²) in [6.45, 7) is 0. The number of benzene rings is 5. The van der Waals surface area contributed by atoms with Gasteiger partial charge in [-0.2, -0.15) is 13.2 Å². The van der Waals surface area contributed by atoms with Crippen LogP contribution in [-0.4, -0.2) is 17.6 Å². The number of Topliss-reactive ketones (excluding diaryl/α,β-unsaturated/α-hetero) is 1. The van der Waals surface area contributed by atoms with E-state index in [1.165, 1.54) is 6.07 Å². The van der Waals surface area contributed by atoms with Gasteiger partial charge in [0.25, 0.3) is 0 Å². The molecule has 2 amide bonds. The lowest BCUT2D eigenvalue weighted by molar-refractivity contribution is -0.137. The minimum atomic E-state index is -4.86. The smallest absolute Gasteiger partial charge is 0.297 e. The number of hydrogen-bond donors (Lipinski definition) is 0. The monoisotopic (exact) mass is 727 g/mol. The normalized spacial score (nSPS) is 24.4. The molecule has 248 valence electrons. The van der Waals surface area contributed by atoms with Crippen LogP contribution >= 0.6 is 34.8 Å². The van der Waals surface area contributed by atoms with Crippen molar-refractivity contribution in [1.82, 2.24) is 0 Å². The molecule has 4 atom stereocenters. The topological polar surface area (TPSA) is 54.5 Å². The molecule has 0 spiro atoms. The van der Waals surface area contributed by atoms with Crippen molar-refractivity contribution in [3.8, 4) is 0 Å². The average molecular weight is 729 g/mol. The van der Waals surface area contributed by atoms with Gasteiger partial charge in [-0.15, -0.1) is 0 Å². The average Bonchev–Trinajstić information content (AvgIpc) is 3.61. The third-order valence-electron chi connectivity index (χ3n) is 10.2. The van der Waals surface area contributed by atoms with Gasteiger partial charge in [-0.3, -0.25) is 14.4 Å². The van der Waals surface area contributed by atoms with E-state index in [4.69, 9.17) is 34.8 Å². The standard InChI is InChI=1S/C40H23Cl3F3NO3/c41-26-15-11-24(12-16-26)38-31(22-7-3-1-4-8-22)32(23-9-5-2-6-10-23)39(37(38)50,25-13-17-27(42)18-14-25)34-33(38)35(48)47(36(34)49)28-19-20-30(43)29(21-28)40(44,45)46/h1-21,33-34H/t33-,34+,38-,39-/m1/s1. The lowest BCUT2D eigenvalue weighted by Gasteiger charge is -2.39. The first-order valence-electron chi connectivity index (χ1n) is 15.6. The zero-order chi connectivity index (χ0) is 35.2. The number of fused-ring (bicyclic) bond motifs is 5. The van der Waals surface area contributed by atoms with Gasteiger partial charge in [0.05, 0.1) is 38.9 Å². The lowest BCUT2D eigenvalue weighted by Crippen LogP contribution is -2.45. The van der Waals surface area contributed by atoms with E-state index < -0.39 is 57.0 Å². The summed E-state index contributed by atoms with van der Waals surface area (Å²) >= 11 is 18.7. The highest BCUT2D eigenvalue weighted by Crippen LogP contribution is 2.74. The quantitative estimate of drug-likeness (QED) is 0.169. The molecule has 0 N–H and O–H groups in total. The second kappa shape index (κ2) is 11.4. The van der Waals surface area contributed by atoms with Gasteiger partial charge in [-0.05, 0) is 75.9 Å². The van der Waals surface area contributed by atoms with Crippen molar-refractivity contribution in [3.05, 3.63) is 170 Å². The fourth-order valence-corrected chi connectivity index (χ4v) is 8.96. The number of amides is 2. The highest BCUT2D eigenvalue weighted by Gasteiger charge is 2.82. The third-order valence-corrected chi connectivity index (χ3v) is 11.1. The Hall–Kier alpha value is -4.69. The molecule has 0 unspecified atom stereocenters. The summed E-state index contributed by atoms with van der Waals surface area (Å²) in [4.78, 5) is 46.8. The second-order valence-electron chi connectivity index (χ2n) is 12.6. The fourth-order valence-electron chi connectivity index (χ4n) is 8.48. The molecule has 1 saturated heterocycles. The number of carbonyl (C=O) groups excluding carboxylic acids is 3. The number of hydrogen-bond acceptors (Lipinski definition) is 3. The van der Waals surface area contributed by atoms with Crippen LogP contribution in [0.5, 0.6) is 0 Å². The van der Waals surface area contributed by atoms with E-state index in [0.29, 0.717) is 49.5 Å². The van der Waals surface area contributed by atoms with Gasteiger partial charge in [-0.1, -0.05) is 120 Å². The number of allylic oxidation sites excluding steroid dienone is 2. The molecule has 2 fully saturated rings. The summed E-state index contributed by atoms with van der Waals surface area (Å²) in [6.07, 6.45) is -4.86. The van der Waals surface area contributed by atoms with Crippen molar-refractivity contribution in [2.24, 2.45) is 11.8 Å². The van der Waals surface area contributed by atoms with Crippen LogP contribution in [0.1, 0.15) is 27.8 Å². The molecule has 3 aliphatic rings. The van der Waals surface area contributed by atoms with Crippen molar-refractivity contribution < 1.29 is 27.6 Å². The molecular formula is C40H23Cl3F3NO3. The molecule has 0 aromatic heterocycles. The summed E-state index contributed by atoms with van der Waals surface area (Å²) < 4.78 is 42.3. The number of carbonyl (C=O) groups is 3. The van der Waals surface area contributed by atoms with Crippen molar-refractivity contribution >= 4 is 69.2 Å². The van der Waals surface area contributed by atoms with Gasteiger partial charge < -0.3 is 0 Å². The molecule has 50 heavy (non-hydrogen) atoms. The predicted molar refractivity (Wildman–Crippen MR) is 187 cm³/mol. The van der Waals surface area contributed by atoms with Crippen molar-refractivity contribution in [3.63, 3.8) is 0 Å². The van der Waals surface area contributed by atoms with Gasteiger partial charge in [0.2, 0.25) is 11.8 Å². The first kappa shape index (κ1) is 32.5. The number of halogens is 6. The zero-order valence-electron chi connectivity index (χ0n) is 25.7. The van der Waals surface area contributed by atoms with Gasteiger partial charge >= 0.3 is 6.18 Å². The predicted octanol–water partition coefficient (Wildman–Crippen LogP) is 9.85. The van der Waals surface area contributed by atoms with E-state index in [-0.39, 0.29) is 5.69 Å². The molecule has 8 rings (SSSR count). The molecule has 1 heterocycles. The number of imide groups is 1. The Morgan fingerprint density at radius 1 is 0.560 bits per heavy atom. The highest BCUT2D eigenvalue weighted by atomic mass is 35.5. The number of nitrogens with zero attached hydrogens (tertiary/aromatic N) is 1. The molecule has 10 heteroatoms. The maximum Gasteiger partial charge on any atom is 0.417 e. The molecule has 1 aliphatic heterocycles. The summed E-state index contributed by atoms with van der Waals surface area (Å²) in [7, 11) is 0. The van der Waals surface area contributed by atoms with Gasteiger partial charge in [0.15, 0.2) is 5.78 Å². The minimum Gasteiger partial charge on any atom is -0.297 e. The number of rotatable bonds is 5. The van der Waals surface area contributed by atoms with E-state index in [0.717, 1.165) is 11.0 Å². The fraction of sp³-hybridized carbons (Fsp3) is 0.125. The Morgan fingerprint density at radius 3 is 1.38 bits per heavy atom. The molecule has 2 aliphatic carbocycles. The Balaban J connectivity index is 1.52. The minimum absolute atomic E-state index is 0.294. The zero-order valence-corrected chi connectivity index (χ0v) is 28.0. The van der Waals surface area contributed by atoms with Crippen LogP contribution in [0.4, 0.5) is 18.9 Å². The molecular weight excluding hydrogens is 706 g/mol. The first-order valence-corrected chi connectivity index (χ1v) is 16.7. The molecule has 1 saturated carbocycles. The van der Waals surface area contributed by atoms with Crippen LogP contribution in [0, 0.1) is 11.8 Å². The van der Waals surface area contributed by atoms with Gasteiger partial charge in [0.1, 0.15) is 0 Å². The van der Waals surface area contributed by atoms with Gasteiger partial charge in [-0.25, -0.2) is 4.90 Å². The molecule has 2 bridgehead atoms. The SMILES string of the molecule is O=C1[C@@H]2[C@H](C(=O)N1c1ccc(Cl)c(C(F)(F)F)c1)[C@]1(c3ccc(Cl)cc3)C(=O)[C@]2(c2ccc(Cl)cc2)C(c2ccccc2)=C1c1ccccc1. The third kappa shape index (κ3) is 4.30. The van der Waals surface area contributed by atoms with E-state index >= 15 is 14.4 Å². The number of alkyl halides is 3. The van der Waals surface area contributed by atoms with Crippen LogP contribution < -0.4 is 4.90 Å². The van der Waals surface area contributed by atoms with Crippen LogP contribution in [0.2, 0.25) is 15.1 Å². The van der Waals surface area contributed by atoms with Crippen LogP contribution in [0.25, 0.3) is 11.1 Å². The molecule has 5 aromatic rings. The molecule has 4 nitrogen and oxygen atoms in total. The van der Waals surface area contributed by atoms with Crippen LogP contribution in [-0.2, 0) is 31.4 Å². The van der Waals surface area contributed by atoms with Crippen molar-refractivity contribution in [1.29, 1.82) is 0 Å². The summed E-state index contributed by atoms with van der Waals surface area (Å²) in [5.41, 5.74) is -1.80. The molecule has 0 radical (unpaired) electrons. The van der Waals surface area contributed by atoms with E-state index in [1.54, 1.807) is 48.5 Å². The van der Waals surface area contributed by atoms with Crippen molar-refractivity contribution in [2.75, 3.05) is 4.90 Å². The summed E-state index contributed by atoms with van der Waals surface area (Å²) in [6, 6.07) is 34.5. The number of anilines is 1. The number of ketones is 1. The van der Waals surface area contributed by atoms with E-state index in [1.807, 2.05) is 60.7 Å². The Labute approximate surface area is 299 Å². The maximum atomic E-state index is 15.9. The second-order valence-corrected chi connectivity index (χ2v) is 13.9. The first-order chi connectivity index (χ1) is 23.9. The van der Waals surface area contributed by atoms with E-state index in [2.05, 4.69) is 0 Å². The maximum absolute atomic E-state index is 15.9. The van der Waals surface area contributed by atoms with Crippen LogP contribution in [0.15, 0.2) is 127 Å². The lowest BCUT2D eigenvalue weighted by atomic mass is 9.59. The summed E-state index contributed by atoms with van der Waals surface area (Å²) in [5.74, 6) is -4.67. The summed E-state index contributed by atoms with van der Waals surface area (Å²) in [5, 5.41) is 0.198. The largest absolute Gasteiger partial charge is 0.417 e. The molecule has 5 aromatic carbocycles. The van der Waals surface area contributed by atoms with E-state index in [9.17, 15) is 13.2 Å². The van der Waals surface area contributed by atoms with Crippen LogP contribution in [0.3, 0.4) is 0 Å². The Bertz CT molecular complexity index is 2130.